The molecule has 4 amide bonds. The van der Waals surface area contributed by atoms with Crippen molar-refractivity contribution in [3.8, 4) is 5.75 Å². The molecule has 6 rings (SSSR count). The van der Waals surface area contributed by atoms with Crippen molar-refractivity contribution in [2.45, 2.75) is 71.6 Å². The molecule has 0 bridgehead atoms. The molecule has 12 nitrogen and oxygen atoms in total. The second kappa shape index (κ2) is 16.0. The first-order valence-electron chi connectivity index (χ1n) is 18.2. The summed E-state index contributed by atoms with van der Waals surface area (Å²) in [5, 5.41) is 13.4. The number of likely N-dealkylation sites (tertiary alicyclic amines) is 1. The van der Waals surface area contributed by atoms with E-state index in [4.69, 9.17) is 9.47 Å². The number of piperazine rings is 1. The fraction of sp³-hybridized carbons (Fsp3) is 0.450. The number of ether oxygens (including phenoxy) is 2. The van der Waals surface area contributed by atoms with Crippen molar-refractivity contribution in [1.82, 2.24) is 14.7 Å². The van der Waals surface area contributed by atoms with Gasteiger partial charge in [0.1, 0.15) is 5.75 Å². The van der Waals surface area contributed by atoms with E-state index in [1.807, 2.05) is 67.3 Å². The van der Waals surface area contributed by atoms with Gasteiger partial charge in [-0.3, -0.25) is 4.79 Å². The zero-order chi connectivity index (χ0) is 36.9. The number of esters is 1. The lowest BCUT2D eigenvalue weighted by atomic mass is 10.0. The summed E-state index contributed by atoms with van der Waals surface area (Å²) >= 11 is 0. The third-order valence-electron chi connectivity index (χ3n) is 10.2. The first-order valence-corrected chi connectivity index (χ1v) is 18.2. The molecule has 12 heteroatoms. The number of hydrogen-bond donors (Lipinski definition) is 2. The van der Waals surface area contributed by atoms with Gasteiger partial charge in [0.25, 0.3) is 5.91 Å². The maximum Gasteiger partial charge on any atom is 0.410 e. The maximum absolute atomic E-state index is 14.1. The van der Waals surface area contributed by atoms with E-state index in [1.54, 1.807) is 35.8 Å². The summed E-state index contributed by atoms with van der Waals surface area (Å²) in [4.78, 5) is 60.5. The SMILES string of the molecule is Cc1cc(C[C@@H](OC(=O)N2CCC(N3CCc4ccccc4NC3=O)CC2)C(=O)N2CCN(c3ccc(C(=O)OC(C)C)cc3)CC2)cc(C)c1O. The highest BCUT2D eigenvalue weighted by molar-refractivity contribution is 5.91. The smallest absolute Gasteiger partial charge is 0.410 e. The molecule has 3 aliphatic heterocycles. The number of phenols is 1. The summed E-state index contributed by atoms with van der Waals surface area (Å²) in [6, 6.07) is 18.6. The maximum atomic E-state index is 14.1. The zero-order valence-corrected chi connectivity index (χ0v) is 30.5. The summed E-state index contributed by atoms with van der Waals surface area (Å²) < 4.78 is 11.3. The van der Waals surface area contributed by atoms with E-state index in [9.17, 15) is 24.3 Å². The molecule has 2 saturated heterocycles. The Labute approximate surface area is 305 Å². The van der Waals surface area contributed by atoms with E-state index >= 15 is 0 Å². The third kappa shape index (κ3) is 8.43. The Bertz CT molecular complexity index is 1760. The number of fused-ring (bicyclic) bond motifs is 1. The van der Waals surface area contributed by atoms with Crippen LogP contribution in [0.5, 0.6) is 5.75 Å². The summed E-state index contributed by atoms with van der Waals surface area (Å²) in [6.45, 7) is 10.7. The zero-order valence-electron chi connectivity index (χ0n) is 30.5. The normalized spacial score (nSPS) is 17.3. The number of anilines is 2. The number of urea groups is 1. The van der Waals surface area contributed by atoms with Crippen molar-refractivity contribution in [3.63, 3.8) is 0 Å². The average molecular weight is 712 g/mol. The van der Waals surface area contributed by atoms with E-state index in [-0.39, 0.29) is 42.2 Å². The fourth-order valence-electron chi connectivity index (χ4n) is 7.33. The van der Waals surface area contributed by atoms with Gasteiger partial charge in [-0.1, -0.05) is 30.3 Å². The number of para-hydroxylation sites is 1. The quantitative estimate of drug-likeness (QED) is 0.292. The van der Waals surface area contributed by atoms with Gasteiger partial charge in [-0.2, -0.15) is 0 Å². The van der Waals surface area contributed by atoms with Gasteiger partial charge < -0.3 is 39.5 Å². The van der Waals surface area contributed by atoms with Crippen LogP contribution in [0, 0.1) is 13.8 Å². The highest BCUT2D eigenvalue weighted by Gasteiger charge is 2.35. The lowest BCUT2D eigenvalue weighted by Crippen LogP contribution is -2.54. The Morgan fingerprint density at radius 1 is 0.846 bits per heavy atom. The minimum Gasteiger partial charge on any atom is -0.507 e. The molecule has 2 N–H and O–H groups in total. The summed E-state index contributed by atoms with van der Waals surface area (Å²) in [7, 11) is 0. The van der Waals surface area contributed by atoms with Crippen LogP contribution >= 0.6 is 0 Å². The molecule has 0 radical (unpaired) electrons. The molecule has 0 aromatic heterocycles. The van der Waals surface area contributed by atoms with E-state index in [0.717, 1.165) is 28.9 Å². The lowest BCUT2D eigenvalue weighted by molar-refractivity contribution is -0.141. The number of piperidine rings is 1. The summed E-state index contributed by atoms with van der Waals surface area (Å²) in [6.07, 6.45) is 0.338. The van der Waals surface area contributed by atoms with Crippen LogP contribution in [0.1, 0.15) is 59.3 Å². The molecule has 276 valence electrons. The van der Waals surface area contributed by atoms with Crippen molar-refractivity contribution < 1.29 is 33.8 Å². The molecule has 3 aromatic rings. The predicted octanol–water partition coefficient (Wildman–Crippen LogP) is 5.53. The van der Waals surface area contributed by atoms with Crippen molar-refractivity contribution in [1.29, 1.82) is 0 Å². The van der Waals surface area contributed by atoms with Crippen LogP contribution in [0.3, 0.4) is 0 Å². The number of phenolic OH excluding ortho intramolecular Hbond substituents is 1. The number of amides is 4. The van der Waals surface area contributed by atoms with Gasteiger partial charge in [0.15, 0.2) is 6.10 Å². The number of benzene rings is 3. The van der Waals surface area contributed by atoms with Crippen molar-refractivity contribution in [2.24, 2.45) is 0 Å². The number of carbonyl (C=O) groups excluding carboxylic acids is 4. The van der Waals surface area contributed by atoms with Gasteiger partial charge in [-0.05, 0) is 99.5 Å². The molecule has 0 aliphatic carbocycles. The molecule has 3 heterocycles. The Morgan fingerprint density at radius 2 is 1.50 bits per heavy atom. The van der Waals surface area contributed by atoms with Crippen LogP contribution in [0.4, 0.5) is 21.0 Å². The molecule has 0 unspecified atom stereocenters. The standard InChI is InChI=1S/C40H49N5O7/c1-26(2)51-38(48)31-9-11-32(12-10-31)42-19-21-43(22-20-42)37(47)35(25-29-23-27(3)36(46)28(4)24-29)52-40(50)44-16-14-33(15-17-44)45-18-13-30-7-5-6-8-34(30)41-39(45)49/h5-12,23-24,26,33,35,46H,13-22,25H2,1-4H3,(H,41,49)/t35-/m1/s1. The van der Waals surface area contributed by atoms with Gasteiger partial charge in [-0.25, -0.2) is 14.4 Å². The minimum atomic E-state index is -1.05. The van der Waals surface area contributed by atoms with Gasteiger partial charge in [0.2, 0.25) is 0 Å². The van der Waals surface area contributed by atoms with Crippen molar-refractivity contribution in [2.75, 3.05) is 56.0 Å². The number of rotatable bonds is 8. The van der Waals surface area contributed by atoms with Crippen LogP contribution in [-0.4, -0.2) is 108 Å². The minimum absolute atomic E-state index is 0.0138. The Hall–Kier alpha value is -5.26. The molecule has 2 fully saturated rings. The topological polar surface area (TPSA) is 132 Å². The van der Waals surface area contributed by atoms with Crippen molar-refractivity contribution >= 4 is 35.4 Å². The lowest BCUT2D eigenvalue weighted by Gasteiger charge is -2.39. The Kier molecular flexibility index (Phi) is 11.2. The highest BCUT2D eigenvalue weighted by Crippen LogP contribution is 2.27. The van der Waals surface area contributed by atoms with E-state index < -0.39 is 12.2 Å². The average Bonchev–Trinajstić information content (AvgIpc) is 3.31. The van der Waals surface area contributed by atoms with E-state index in [1.165, 1.54) is 0 Å². The Morgan fingerprint density at radius 3 is 2.15 bits per heavy atom. The highest BCUT2D eigenvalue weighted by atomic mass is 16.6. The van der Waals surface area contributed by atoms with Crippen LogP contribution in [0.2, 0.25) is 0 Å². The number of nitrogens with zero attached hydrogens (tertiary/aromatic N) is 4. The van der Waals surface area contributed by atoms with E-state index in [2.05, 4.69) is 10.2 Å². The van der Waals surface area contributed by atoms with Crippen molar-refractivity contribution in [3.05, 3.63) is 88.5 Å². The molecule has 3 aliphatic rings. The van der Waals surface area contributed by atoms with Crippen LogP contribution in [-0.2, 0) is 27.1 Å². The number of aryl methyl sites for hydroxylation is 2. The molecule has 3 aromatic carbocycles. The first kappa shape index (κ1) is 36.5. The number of hydrogen-bond acceptors (Lipinski definition) is 8. The number of aromatic hydroxyl groups is 1. The van der Waals surface area contributed by atoms with Crippen LogP contribution in [0.15, 0.2) is 60.7 Å². The van der Waals surface area contributed by atoms with Gasteiger partial charge in [-0.15, -0.1) is 0 Å². The molecule has 0 spiro atoms. The third-order valence-corrected chi connectivity index (χ3v) is 10.2. The monoisotopic (exact) mass is 711 g/mol. The van der Waals surface area contributed by atoms with Crippen LogP contribution < -0.4 is 10.2 Å². The van der Waals surface area contributed by atoms with Gasteiger partial charge in [0, 0.05) is 69.7 Å². The number of nitrogens with one attached hydrogen (secondary N) is 1. The van der Waals surface area contributed by atoms with Gasteiger partial charge >= 0.3 is 18.1 Å². The van der Waals surface area contributed by atoms with Gasteiger partial charge in [0.05, 0.1) is 11.7 Å². The Balaban J connectivity index is 1.08. The van der Waals surface area contributed by atoms with Crippen LogP contribution in [0.25, 0.3) is 0 Å². The first-order chi connectivity index (χ1) is 25.0. The predicted molar refractivity (Wildman–Crippen MR) is 198 cm³/mol. The fourth-order valence-corrected chi connectivity index (χ4v) is 7.33. The molecule has 52 heavy (non-hydrogen) atoms. The largest absolute Gasteiger partial charge is 0.507 e. The second-order valence-corrected chi connectivity index (χ2v) is 14.2. The summed E-state index contributed by atoms with van der Waals surface area (Å²) in [5.74, 6) is -0.426. The second-order valence-electron chi connectivity index (χ2n) is 14.2. The molecular formula is C40H49N5O7. The summed E-state index contributed by atoms with van der Waals surface area (Å²) in [5.41, 5.74) is 5.54. The molecule has 0 saturated carbocycles. The van der Waals surface area contributed by atoms with E-state index in [0.29, 0.717) is 75.3 Å². The molecular weight excluding hydrogens is 662 g/mol. The molecule has 1 atom stereocenters. The number of carbonyl (C=O) groups is 4.